The van der Waals surface area contributed by atoms with Crippen molar-refractivity contribution in [2.24, 2.45) is 11.8 Å². The van der Waals surface area contributed by atoms with Crippen LogP contribution in [0.4, 0.5) is 0 Å². The van der Waals surface area contributed by atoms with E-state index < -0.39 is 0 Å². The van der Waals surface area contributed by atoms with E-state index in [-0.39, 0.29) is 0 Å². The second kappa shape index (κ2) is 3.78. The van der Waals surface area contributed by atoms with E-state index >= 15 is 0 Å². The summed E-state index contributed by atoms with van der Waals surface area (Å²) in [6, 6.07) is 0.776. The highest BCUT2D eigenvalue weighted by Crippen LogP contribution is 2.33. The Hall–Kier alpha value is -0.0400. The highest BCUT2D eigenvalue weighted by Gasteiger charge is 2.24. The molecule has 0 aromatic heterocycles. The third kappa shape index (κ3) is 2.48. The number of nitrogens with one attached hydrogen (secondary N) is 1. The minimum absolute atomic E-state index is 0.776. The lowest BCUT2D eigenvalue weighted by atomic mass is 9.85. The van der Waals surface area contributed by atoms with Gasteiger partial charge in [-0.3, -0.25) is 0 Å². The van der Waals surface area contributed by atoms with Crippen LogP contribution in [0.15, 0.2) is 0 Å². The maximum absolute atomic E-state index is 3.66. The van der Waals surface area contributed by atoms with Gasteiger partial charge in [-0.05, 0) is 44.6 Å². The summed E-state index contributed by atoms with van der Waals surface area (Å²) in [7, 11) is 0. The number of hydrogen-bond donors (Lipinski definition) is 1. The normalized spacial score (nSPS) is 26.8. The van der Waals surface area contributed by atoms with Gasteiger partial charge in [0.2, 0.25) is 0 Å². The molecule has 12 heavy (non-hydrogen) atoms. The summed E-state index contributed by atoms with van der Waals surface area (Å²) in [5.41, 5.74) is 0. The van der Waals surface area contributed by atoms with Crippen LogP contribution >= 0.6 is 0 Å². The first-order valence-corrected chi connectivity index (χ1v) is 5.58. The summed E-state index contributed by atoms with van der Waals surface area (Å²) < 4.78 is 0. The third-order valence-electron chi connectivity index (χ3n) is 3.36. The largest absolute Gasteiger partial charge is 0.314 e. The molecule has 0 heterocycles. The zero-order chi connectivity index (χ0) is 8.39. The fourth-order valence-corrected chi connectivity index (χ4v) is 2.00. The second-order valence-corrected chi connectivity index (χ2v) is 4.79. The van der Waals surface area contributed by atoms with E-state index in [1.807, 2.05) is 0 Å². The maximum atomic E-state index is 3.66. The molecule has 1 nitrogen and oxygen atoms in total. The molecule has 70 valence electrons. The van der Waals surface area contributed by atoms with Gasteiger partial charge >= 0.3 is 0 Å². The zero-order valence-corrected chi connectivity index (χ0v) is 8.18. The molecule has 2 aliphatic carbocycles. The van der Waals surface area contributed by atoms with Crippen LogP contribution in [-0.4, -0.2) is 12.6 Å². The molecular formula is C11H21N. The Bertz CT molecular complexity index is 136. The molecule has 1 heteroatoms. The minimum Gasteiger partial charge on any atom is -0.314 e. The van der Waals surface area contributed by atoms with Crippen LogP contribution in [0.2, 0.25) is 0 Å². The van der Waals surface area contributed by atoms with E-state index in [2.05, 4.69) is 12.2 Å². The molecule has 0 saturated heterocycles. The molecule has 1 unspecified atom stereocenters. The van der Waals surface area contributed by atoms with E-state index in [1.165, 1.54) is 45.1 Å². The number of hydrogen-bond acceptors (Lipinski definition) is 1. The van der Waals surface area contributed by atoms with Crippen molar-refractivity contribution in [3.63, 3.8) is 0 Å². The SMILES string of the molecule is CC(CC1CC1)NCC1CCC1. The van der Waals surface area contributed by atoms with E-state index in [0.29, 0.717) is 0 Å². The van der Waals surface area contributed by atoms with Crippen LogP contribution in [0.3, 0.4) is 0 Å². The third-order valence-corrected chi connectivity index (χ3v) is 3.36. The smallest absolute Gasteiger partial charge is 0.00414 e. The molecule has 2 fully saturated rings. The second-order valence-electron chi connectivity index (χ2n) is 4.79. The van der Waals surface area contributed by atoms with Crippen LogP contribution in [0.25, 0.3) is 0 Å². The van der Waals surface area contributed by atoms with Gasteiger partial charge in [-0.2, -0.15) is 0 Å². The summed E-state index contributed by atoms with van der Waals surface area (Å²) in [5.74, 6) is 2.10. The van der Waals surface area contributed by atoms with Crippen LogP contribution in [-0.2, 0) is 0 Å². The van der Waals surface area contributed by atoms with Crippen molar-refractivity contribution in [1.82, 2.24) is 5.32 Å². The Morgan fingerprint density at radius 1 is 1.17 bits per heavy atom. The standard InChI is InChI=1S/C11H21N/c1-9(7-10-5-6-10)12-8-11-3-2-4-11/h9-12H,2-8H2,1H3. The van der Waals surface area contributed by atoms with Crippen LogP contribution in [0, 0.1) is 11.8 Å². The Morgan fingerprint density at radius 2 is 1.92 bits per heavy atom. The van der Waals surface area contributed by atoms with Gasteiger partial charge in [0, 0.05) is 6.04 Å². The van der Waals surface area contributed by atoms with Gasteiger partial charge in [-0.25, -0.2) is 0 Å². The number of rotatable bonds is 5. The van der Waals surface area contributed by atoms with E-state index in [1.54, 1.807) is 0 Å². The average Bonchev–Trinajstić information content (AvgIpc) is 2.68. The monoisotopic (exact) mass is 167 g/mol. The first-order valence-electron chi connectivity index (χ1n) is 5.58. The van der Waals surface area contributed by atoms with Gasteiger partial charge in [0.05, 0.1) is 0 Å². The molecule has 0 radical (unpaired) electrons. The predicted molar refractivity (Wildman–Crippen MR) is 52.1 cm³/mol. The minimum atomic E-state index is 0.776. The van der Waals surface area contributed by atoms with Gasteiger partial charge in [-0.1, -0.05) is 19.3 Å². The molecular weight excluding hydrogens is 146 g/mol. The topological polar surface area (TPSA) is 12.0 Å². The predicted octanol–water partition coefficient (Wildman–Crippen LogP) is 2.56. The molecule has 0 bridgehead atoms. The summed E-state index contributed by atoms with van der Waals surface area (Å²) in [6.45, 7) is 3.63. The summed E-state index contributed by atoms with van der Waals surface area (Å²) in [4.78, 5) is 0. The first-order chi connectivity index (χ1) is 5.84. The molecule has 0 spiro atoms. The van der Waals surface area contributed by atoms with E-state index in [4.69, 9.17) is 0 Å². The molecule has 0 amide bonds. The van der Waals surface area contributed by atoms with Gasteiger partial charge in [0.1, 0.15) is 0 Å². The van der Waals surface area contributed by atoms with Crippen LogP contribution in [0.5, 0.6) is 0 Å². The summed E-state index contributed by atoms with van der Waals surface area (Å²) in [6.07, 6.45) is 8.84. The Kier molecular flexibility index (Phi) is 2.69. The summed E-state index contributed by atoms with van der Waals surface area (Å²) in [5, 5.41) is 3.66. The molecule has 2 rings (SSSR count). The van der Waals surface area contributed by atoms with Crippen molar-refractivity contribution in [3.05, 3.63) is 0 Å². The fraction of sp³-hybridized carbons (Fsp3) is 1.00. The highest BCUT2D eigenvalue weighted by molar-refractivity contribution is 4.79. The fourth-order valence-electron chi connectivity index (χ4n) is 2.00. The first kappa shape index (κ1) is 8.55. The Balaban J connectivity index is 1.51. The highest BCUT2D eigenvalue weighted by atomic mass is 14.9. The molecule has 1 atom stereocenters. The van der Waals surface area contributed by atoms with Crippen molar-refractivity contribution in [2.75, 3.05) is 6.54 Å². The van der Waals surface area contributed by atoms with Crippen LogP contribution < -0.4 is 5.32 Å². The Labute approximate surface area is 75.9 Å². The lowest BCUT2D eigenvalue weighted by Crippen LogP contribution is -2.33. The molecule has 0 aliphatic heterocycles. The van der Waals surface area contributed by atoms with Gasteiger partial charge in [0.15, 0.2) is 0 Å². The molecule has 0 aromatic carbocycles. The molecule has 1 N–H and O–H groups in total. The molecule has 0 aromatic rings. The van der Waals surface area contributed by atoms with Crippen molar-refractivity contribution < 1.29 is 0 Å². The Morgan fingerprint density at radius 3 is 2.42 bits per heavy atom. The zero-order valence-electron chi connectivity index (χ0n) is 8.18. The lowest BCUT2D eigenvalue weighted by Gasteiger charge is -2.27. The lowest BCUT2D eigenvalue weighted by molar-refractivity contribution is 0.287. The average molecular weight is 167 g/mol. The maximum Gasteiger partial charge on any atom is 0.00414 e. The molecule has 2 aliphatic rings. The van der Waals surface area contributed by atoms with E-state index in [9.17, 15) is 0 Å². The van der Waals surface area contributed by atoms with Crippen molar-refractivity contribution in [3.8, 4) is 0 Å². The van der Waals surface area contributed by atoms with E-state index in [0.717, 1.165) is 17.9 Å². The van der Waals surface area contributed by atoms with Gasteiger partial charge < -0.3 is 5.32 Å². The van der Waals surface area contributed by atoms with Gasteiger partial charge in [0.25, 0.3) is 0 Å². The van der Waals surface area contributed by atoms with Gasteiger partial charge in [-0.15, -0.1) is 0 Å². The van der Waals surface area contributed by atoms with Crippen molar-refractivity contribution >= 4 is 0 Å². The van der Waals surface area contributed by atoms with Crippen LogP contribution in [0.1, 0.15) is 45.4 Å². The van der Waals surface area contributed by atoms with Crippen molar-refractivity contribution in [1.29, 1.82) is 0 Å². The quantitative estimate of drug-likeness (QED) is 0.663. The molecule has 2 saturated carbocycles. The summed E-state index contributed by atoms with van der Waals surface area (Å²) >= 11 is 0. The van der Waals surface area contributed by atoms with Crippen molar-refractivity contribution in [2.45, 2.75) is 51.5 Å².